The summed E-state index contributed by atoms with van der Waals surface area (Å²) in [6.45, 7) is 0.147. The van der Waals surface area contributed by atoms with Crippen LogP contribution < -0.4 is 16.0 Å². The van der Waals surface area contributed by atoms with Gasteiger partial charge in [0.1, 0.15) is 0 Å². The van der Waals surface area contributed by atoms with Crippen molar-refractivity contribution in [2.24, 2.45) is 0 Å². The molecule has 0 heterocycles. The largest absolute Gasteiger partial charge is 0.465 e. The zero-order chi connectivity index (χ0) is 18.9. The van der Waals surface area contributed by atoms with E-state index in [4.69, 9.17) is 0 Å². The molecule has 3 amide bonds. The third kappa shape index (κ3) is 5.89. The molecule has 0 atom stereocenters. The Morgan fingerprint density at radius 1 is 1.00 bits per heavy atom. The second-order valence-electron chi connectivity index (χ2n) is 5.22. The van der Waals surface area contributed by atoms with Crippen LogP contribution in [0.25, 0.3) is 0 Å². The molecule has 2 aromatic rings. The quantitative estimate of drug-likeness (QED) is 0.625. The zero-order valence-corrected chi connectivity index (χ0v) is 15.6. The Labute approximate surface area is 159 Å². The van der Waals surface area contributed by atoms with Crippen molar-refractivity contribution >= 4 is 45.2 Å². The number of nitrogens with one attached hydrogen (secondary N) is 3. The number of benzene rings is 2. The number of para-hydroxylation sites is 1. The highest BCUT2D eigenvalue weighted by Crippen LogP contribution is 2.16. The molecule has 0 aliphatic rings. The predicted octanol–water partition coefficient (Wildman–Crippen LogP) is 3.39. The van der Waals surface area contributed by atoms with Gasteiger partial charge in [-0.2, -0.15) is 0 Å². The van der Waals surface area contributed by atoms with Gasteiger partial charge in [0.2, 0.25) is 5.91 Å². The monoisotopic (exact) mass is 419 g/mol. The third-order valence-electron chi connectivity index (χ3n) is 3.35. The number of anilines is 2. The molecule has 0 bridgehead atoms. The van der Waals surface area contributed by atoms with E-state index in [0.29, 0.717) is 11.4 Å². The van der Waals surface area contributed by atoms with E-state index in [9.17, 15) is 14.4 Å². The van der Waals surface area contributed by atoms with Gasteiger partial charge in [-0.1, -0.05) is 28.1 Å². The first-order valence-corrected chi connectivity index (χ1v) is 8.56. The van der Waals surface area contributed by atoms with Crippen LogP contribution in [-0.2, 0) is 9.53 Å². The Balaban J connectivity index is 1.79. The summed E-state index contributed by atoms with van der Waals surface area (Å²) >= 11 is 3.31. The first-order valence-electron chi connectivity index (χ1n) is 7.77. The first-order chi connectivity index (χ1) is 12.5. The Hall–Kier alpha value is -2.87. The summed E-state index contributed by atoms with van der Waals surface area (Å²) in [5, 5.41) is 7.90. The molecule has 0 saturated carbocycles. The molecule has 3 N–H and O–H groups in total. The van der Waals surface area contributed by atoms with Gasteiger partial charge in [0.15, 0.2) is 0 Å². The lowest BCUT2D eigenvalue weighted by atomic mass is 10.1. The van der Waals surface area contributed by atoms with Crippen molar-refractivity contribution in [3.05, 3.63) is 58.6 Å². The number of ether oxygens (including phenoxy) is 1. The molecule has 0 fully saturated rings. The van der Waals surface area contributed by atoms with Gasteiger partial charge in [0, 0.05) is 23.1 Å². The smallest absolute Gasteiger partial charge is 0.339 e. The second kappa shape index (κ2) is 9.57. The number of urea groups is 1. The summed E-state index contributed by atoms with van der Waals surface area (Å²) in [6.07, 6.45) is 0.0588. The zero-order valence-electron chi connectivity index (χ0n) is 14.0. The summed E-state index contributed by atoms with van der Waals surface area (Å²) in [6, 6.07) is 13.3. The summed E-state index contributed by atoms with van der Waals surface area (Å²) in [5.74, 6) is -0.863. The number of halogens is 1. The number of rotatable bonds is 6. The highest BCUT2D eigenvalue weighted by Gasteiger charge is 2.13. The number of hydrogen-bond acceptors (Lipinski definition) is 4. The number of esters is 1. The van der Waals surface area contributed by atoms with E-state index in [2.05, 4.69) is 36.6 Å². The first kappa shape index (κ1) is 19.5. The highest BCUT2D eigenvalue weighted by atomic mass is 79.9. The number of carbonyl (C=O) groups excluding carboxylic acids is 3. The van der Waals surface area contributed by atoms with Crippen LogP contribution in [0.2, 0.25) is 0 Å². The van der Waals surface area contributed by atoms with Gasteiger partial charge < -0.3 is 20.7 Å². The van der Waals surface area contributed by atoms with Gasteiger partial charge in [-0.05, 0) is 36.4 Å². The molecule has 26 heavy (non-hydrogen) atoms. The number of hydrogen-bond donors (Lipinski definition) is 3. The summed E-state index contributed by atoms with van der Waals surface area (Å²) in [5.41, 5.74) is 1.27. The standard InChI is InChI=1S/C18H18BrN3O4/c1-26-17(24)14-4-2-3-5-15(14)22-16(23)10-11-20-18(25)21-13-8-6-12(19)7-9-13/h2-9H,10-11H2,1H3,(H,22,23)(H2,20,21,25). The van der Waals surface area contributed by atoms with E-state index in [-0.39, 0.29) is 24.4 Å². The molecule has 0 aliphatic carbocycles. The summed E-state index contributed by atoms with van der Waals surface area (Å²) in [4.78, 5) is 35.5. The van der Waals surface area contributed by atoms with Gasteiger partial charge >= 0.3 is 12.0 Å². The van der Waals surface area contributed by atoms with Crippen molar-refractivity contribution < 1.29 is 19.1 Å². The maximum absolute atomic E-state index is 12.0. The Bertz CT molecular complexity index is 793. The third-order valence-corrected chi connectivity index (χ3v) is 3.87. The van der Waals surface area contributed by atoms with Gasteiger partial charge in [0.25, 0.3) is 0 Å². The van der Waals surface area contributed by atoms with E-state index in [1.807, 2.05) is 12.1 Å². The van der Waals surface area contributed by atoms with Gasteiger partial charge in [-0.3, -0.25) is 4.79 Å². The van der Waals surface area contributed by atoms with Crippen molar-refractivity contribution in [1.29, 1.82) is 0 Å². The Kier molecular flexibility index (Phi) is 7.16. The lowest BCUT2D eigenvalue weighted by Gasteiger charge is -2.10. The minimum Gasteiger partial charge on any atom is -0.465 e. The molecule has 2 aromatic carbocycles. The summed E-state index contributed by atoms with van der Waals surface area (Å²) in [7, 11) is 1.27. The topological polar surface area (TPSA) is 96.5 Å². The molecule has 2 rings (SSSR count). The van der Waals surface area contributed by atoms with E-state index in [1.54, 1.807) is 36.4 Å². The van der Waals surface area contributed by atoms with Crippen molar-refractivity contribution in [3.63, 3.8) is 0 Å². The van der Waals surface area contributed by atoms with Crippen molar-refractivity contribution in [1.82, 2.24) is 5.32 Å². The fraction of sp³-hybridized carbons (Fsp3) is 0.167. The van der Waals surface area contributed by atoms with Gasteiger partial charge in [0.05, 0.1) is 18.4 Å². The van der Waals surface area contributed by atoms with Gasteiger partial charge in [-0.25, -0.2) is 9.59 Å². The fourth-order valence-electron chi connectivity index (χ4n) is 2.09. The van der Waals surface area contributed by atoms with Crippen LogP contribution in [0, 0.1) is 0 Å². The van der Waals surface area contributed by atoms with Crippen LogP contribution in [-0.4, -0.2) is 31.6 Å². The second-order valence-corrected chi connectivity index (χ2v) is 6.14. The molecule has 0 saturated heterocycles. The SMILES string of the molecule is COC(=O)c1ccccc1NC(=O)CCNC(=O)Nc1ccc(Br)cc1. The maximum atomic E-state index is 12.0. The number of carbonyl (C=O) groups is 3. The number of amides is 3. The minimum atomic E-state index is -0.534. The molecular weight excluding hydrogens is 402 g/mol. The highest BCUT2D eigenvalue weighted by molar-refractivity contribution is 9.10. The lowest BCUT2D eigenvalue weighted by molar-refractivity contribution is -0.116. The van der Waals surface area contributed by atoms with Gasteiger partial charge in [-0.15, -0.1) is 0 Å². The molecule has 8 heteroatoms. The van der Waals surface area contributed by atoms with Crippen LogP contribution in [0.15, 0.2) is 53.0 Å². The van der Waals surface area contributed by atoms with E-state index < -0.39 is 12.0 Å². The lowest BCUT2D eigenvalue weighted by Crippen LogP contribution is -2.31. The van der Waals surface area contributed by atoms with Crippen LogP contribution in [0.4, 0.5) is 16.2 Å². The van der Waals surface area contributed by atoms with E-state index >= 15 is 0 Å². The minimum absolute atomic E-state index is 0.0588. The molecule has 0 spiro atoms. The molecule has 0 aliphatic heterocycles. The Morgan fingerprint density at radius 3 is 2.38 bits per heavy atom. The Morgan fingerprint density at radius 2 is 1.69 bits per heavy atom. The average Bonchev–Trinajstić information content (AvgIpc) is 2.63. The normalized spacial score (nSPS) is 9.92. The predicted molar refractivity (Wildman–Crippen MR) is 102 cm³/mol. The van der Waals surface area contributed by atoms with E-state index in [0.717, 1.165) is 4.47 Å². The molecule has 0 radical (unpaired) electrons. The molecule has 0 unspecified atom stereocenters. The van der Waals surface area contributed by atoms with Crippen LogP contribution in [0.5, 0.6) is 0 Å². The molecule has 0 aromatic heterocycles. The van der Waals surface area contributed by atoms with Crippen molar-refractivity contribution in [3.8, 4) is 0 Å². The molecule has 136 valence electrons. The van der Waals surface area contributed by atoms with E-state index in [1.165, 1.54) is 7.11 Å². The molecule has 7 nitrogen and oxygen atoms in total. The van der Waals surface area contributed by atoms with Crippen molar-refractivity contribution in [2.45, 2.75) is 6.42 Å². The maximum Gasteiger partial charge on any atom is 0.339 e. The van der Waals surface area contributed by atoms with Crippen LogP contribution in [0.3, 0.4) is 0 Å². The average molecular weight is 420 g/mol. The summed E-state index contributed by atoms with van der Waals surface area (Å²) < 4.78 is 5.59. The van der Waals surface area contributed by atoms with Crippen molar-refractivity contribution in [2.75, 3.05) is 24.3 Å². The fourth-order valence-corrected chi connectivity index (χ4v) is 2.36. The van der Waals surface area contributed by atoms with Crippen LogP contribution >= 0.6 is 15.9 Å². The number of methoxy groups -OCH3 is 1. The molecular formula is C18H18BrN3O4. The van der Waals surface area contributed by atoms with Crippen LogP contribution in [0.1, 0.15) is 16.8 Å².